The number of tetrazole rings is 1. The van der Waals surface area contributed by atoms with Gasteiger partial charge in [-0.25, -0.2) is 14.5 Å². The average molecular weight is 372 g/mol. The van der Waals surface area contributed by atoms with Crippen LogP contribution in [0.4, 0.5) is 10.7 Å². The monoisotopic (exact) mass is 372 g/mol. The predicted octanol–water partition coefficient (Wildman–Crippen LogP) is 1.14. The molecule has 1 amide bonds. The molecule has 0 spiro atoms. The molecule has 2 N–H and O–H groups in total. The van der Waals surface area contributed by atoms with Crippen LogP contribution in [-0.2, 0) is 11.3 Å². The van der Waals surface area contributed by atoms with Crippen LogP contribution in [0.2, 0.25) is 0 Å². The number of benzene rings is 1. The maximum absolute atomic E-state index is 12.8. The lowest BCUT2D eigenvalue weighted by molar-refractivity contribution is -0.0312. The third kappa shape index (κ3) is 3.75. The number of anilines is 1. The van der Waals surface area contributed by atoms with Gasteiger partial charge < -0.3 is 9.84 Å². The summed E-state index contributed by atoms with van der Waals surface area (Å²) in [4.78, 5) is 27.4. The van der Waals surface area contributed by atoms with Crippen molar-refractivity contribution in [3.05, 3.63) is 35.4 Å². The van der Waals surface area contributed by atoms with Crippen LogP contribution >= 0.6 is 0 Å². The SMILES string of the molecule is O=C(O)c1ccc(CN(C(=O)O[C@H]2CN3CCC2CC3)c2nn[nH]n2)cc1. The third-order valence-corrected chi connectivity index (χ3v) is 5.19. The van der Waals surface area contributed by atoms with Gasteiger partial charge in [-0.2, -0.15) is 5.21 Å². The van der Waals surface area contributed by atoms with E-state index in [1.54, 1.807) is 12.1 Å². The molecule has 4 heterocycles. The third-order valence-electron chi connectivity index (χ3n) is 5.19. The molecule has 0 aliphatic carbocycles. The summed E-state index contributed by atoms with van der Waals surface area (Å²) < 4.78 is 5.77. The number of nitrogens with zero attached hydrogens (tertiary/aromatic N) is 5. The van der Waals surface area contributed by atoms with Gasteiger partial charge in [0.2, 0.25) is 0 Å². The fourth-order valence-electron chi connectivity index (χ4n) is 3.66. The molecule has 2 aromatic rings. The van der Waals surface area contributed by atoms with Crippen molar-refractivity contribution in [2.45, 2.75) is 25.5 Å². The molecule has 0 unspecified atom stereocenters. The first kappa shape index (κ1) is 17.4. The molecule has 142 valence electrons. The topological polar surface area (TPSA) is 125 Å². The van der Waals surface area contributed by atoms with E-state index in [4.69, 9.17) is 9.84 Å². The van der Waals surface area contributed by atoms with E-state index in [9.17, 15) is 9.59 Å². The molecule has 3 saturated heterocycles. The highest BCUT2D eigenvalue weighted by molar-refractivity contribution is 5.88. The highest BCUT2D eigenvalue weighted by Crippen LogP contribution is 2.30. The fraction of sp³-hybridized carbons (Fsp3) is 0.471. The summed E-state index contributed by atoms with van der Waals surface area (Å²) >= 11 is 0. The molecule has 0 saturated carbocycles. The number of aromatic carboxylic acids is 1. The number of H-pyrrole nitrogens is 1. The molecule has 1 atom stereocenters. The van der Waals surface area contributed by atoms with Crippen LogP contribution in [0.1, 0.15) is 28.8 Å². The highest BCUT2D eigenvalue weighted by atomic mass is 16.6. The number of fused-ring (bicyclic) bond motifs is 3. The first-order valence-corrected chi connectivity index (χ1v) is 8.86. The van der Waals surface area contributed by atoms with Crippen molar-refractivity contribution in [1.29, 1.82) is 0 Å². The molecule has 27 heavy (non-hydrogen) atoms. The van der Waals surface area contributed by atoms with Gasteiger partial charge in [0.25, 0.3) is 5.95 Å². The van der Waals surface area contributed by atoms with Crippen LogP contribution in [-0.4, -0.2) is 68.4 Å². The summed E-state index contributed by atoms with van der Waals surface area (Å²) in [5.74, 6) is -0.497. The molecule has 2 bridgehead atoms. The molecule has 1 aromatic carbocycles. The van der Waals surface area contributed by atoms with Gasteiger partial charge in [0.05, 0.1) is 12.1 Å². The number of piperidine rings is 3. The zero-order chi connectivity index (χ0) is 18.8. The minimum atomic E-state index is -1.00. The zero-order valence-corrected chi connectivity index (χ0v) is 14.6. The van der Waals surface area contributed by atoms with Crippen LogP contribution in [0, 0.1) is 5.92 Å². The number of aromatic amines is 1. The Morgan fingerprint density at radius 1 is 1.26 bits per heavy atom. The van der Waals surface area contributed by atoms with Crippen molar-refractivity contribution in [2.75, 3.05) is 24.5 Å². The Morgan fingerprint density at radius 3 is 2.56 bits per heavy atom. The molecule has 3 aliphatic heterocycles. The number of nitrogens with one attached hydrogen (secondary N) is 1. The van der Waals surface area contributed by atoms with Crippen LogP contribution in [0.25, 0.3) is 0 Å². The second-order valence-electron chi connectivity index (χ2n) is 6.86. The van der Waals surface area contributed by atoms with E-state index >= 15 is 0 Å². The summed E-state index contributed by atoms with van der Waals surface area (Å²) in [5, 5.41) is 22.7. The van der Waals surface area contributed by atoms with Crippen molar-refractivity contribution >= 4 is 18.0 Å². The predicted molar refractivity (Wildman–Crippen MR) is 93.2 cm³/mol. The number of rotatable bonds is 5. The Hall–Kier alpha value is -3.01. The van der Waals surface area contributed by atoms with E-state index in [1.807, 2.05) is 0 Å². The number of carboxylic acid groups (broad SMARTS) is 1. The maximum Gasteiger partial charge on any atom is 0.417 e. The summed E-state index contributed by atoms with van der Waals surface area (Å²) in [6.45, 7) is 3.02. The van der Waals surface area contributed by atoms with Gasteiger partial charge in [-0.1, -0.05) is 17.2 Å². The number of aromatic nitrogens is 4. The number of ether oxygens (including phenoxy) is 1. The Bertz CT molecular complexity index is 801. The Morgan fingerprint density at radius 2 is 2.00 bits per heavy atom. The minimum Gasteiger partial charge on any atom is -0.478 e. The van der Waals surface area contributed by atoms with E-state index in [2.05, 4.69) is 25.5 Å². The summed E-state index contributed by atoms with van der Waals surface area (Å²) in [6.07, 6.45) is 1.41. The van der Waals surface area contributed by atoms with E-state index in [-0.39, 0.29) is 24.2 Å². The first-order chi connectivity index (χ1) is 13.1. The van der Waals surface area contributed by atoms with Gasteiger partial charge >= 0.3 is 12.1 Å². The molecular weight excluding hydrogens is 352 g/mol. The quantitative estimate of drug-likeness (QED) is 0.800. The number of hydrogen-bond acceptors (Lipinski definition) is 7. The minimum absolute atomic E-state index is 0.114. The molecule has 10 heteroatoms. The van der Waals surface area contributed by atoms with Crippen molar-refractivity contribution in [3.8, 4) is 0 Å². The number of amides is 1. The van der Waals surface area contributed by atoms with E-state index in [1.165, 1.54) is 17.0 Å². The second kappa shape index (κ2) is 7.31. The van der Waals surface area contributed by atoms with Crippen molar-refractivity contribution in [3.63, 3.8) is 0 Å². The van der Waals surface area contributed by atoms with Crippen LogP contribution in [0.5, 0.6) is 0 Å². The standard InChI is InChI=1S/C17H20N6O4/c24-15(25)13-3-1-11(2-4-13)9-23(16-18-20-21-19-16)17(26)27-14-10-22-7-5-12(14)6-8-22/h1-4,12,14H,5-10H2,(H,24,25)(H,18,19,20,21)/t14-/m0/s1. The lowest BCUT2D eigenvalue weighted by Gasteiger charge is -2.44. The number of carbonyl (C=O) groups excluding carboxylic acids is 1. The van der Waals surface area contributed by atoms with Gasteiger partial charge in [0, 0.05) is 6.54 Å². The number of carbonyl (C=O) groups is 2. The van der Waals surface area contributed by atoms with Crippen molar-refractivity contribution < 1.29 is 19.4 Å². The van der Waals surface area contributed by atoms with E-state index in [0.29, 0.717) is 5.92 Å². The number of carboxylic acids is 1. The van der Waals surface area contributed by atoms with Gasteiger partial charge in [-0.3, -0.25) is 4.90 Å². The zero-order valence-electron chi connectivity index (χ0n) is 14.6. The van der Waals surface area contributed by atoms with Gasteiger partial charge in [-0.15, -0.1) is 5.10 Å². The first-order valence-electron chi connectivity index (χ1n) is 8.86. The fourth-order valence-corrected chi connectivity index (χ4v) is 3.66. The van der Waals surface area contributed by atoms with Crippen LogP contribution < -0.4 is 4.90 Å². The van der Waals surface area contributed by atoms with Crippen molar-refractivity contribution in [1.82, 2.24) is 25.5 Å². The lowest BCUT2D eigenvalue weighted by Crippen LogP contribution is -2.53. The largest absolute Gasteiger partial charge is 0.478 e. The Balaban J connectivity index is 1.49. The number of hydrogen-bond donors (Lipinski definition) is 2. The Labute approximate surface area is 155 Å². The molecule has 5 rings (SSSR count). The van der Waals surface area contributed by atoms with Crippen LogP contribution in [0.3, 0.4) is 0 Å². The molecule has 0 radical (unpaired) electrons. The van der Waals surface area contributed by atoms with E-state index in [0.717, 1.165) is 38.0 Å². The summed E-state index contributed by atoms with van der Waals surface area (Å²) in [5.41, 5.74) is 0.912. The highest BCUT2D eigenvalue weighted by Gasteiger charge is 2.37. The molecule has 10 nitrogen and oxygen atoms in total. The second-order valence-corrected chi connectivity index (χ2v) is 6.86. The Kier molecular flexibility index (Phi) is 4.71. The lowest BCUT2D eigenvalue weighted by atomic mass is 9.86. The molecule has 3 aliphatic rings. The van der Waals surface area contributed by atoms with Gasteiger partial charge in [-0.05, 0) is 54.8 Å². The van der Waals surface area contributed by atoms with E-state index < -0.39 is 12.1 Å². The average Bonchev–Trinajstić information content (AvgIpc) is 3.21. The summed E-state index contributed by atoms with van der Waals surface area (Å²) in [6, 6.07) is 6.28. The van der Waals surface area contributed by atoms with Crippen molar-refractivity contribution in [2.24, 2.45) is 5.92 Å². The van der Waals surface area contributed by atoms with Gasteiger partial charge in [0.15, 0.2) is 0 Å². The maximum atomic E-state index is 12.8. The van der Waals surface area contributed by atoms with Gasteiger partial charge in [0.1, 0.15) is 6.10 Å². The van der Waals surface area contributed by atoms with Crippen LogP contribution in [0.15, 0.2) is 24.3 Å². The molecule has 1 aromatic heterocycles. The molecule has 3 fully saturated rings. The summed E-state index contributed by atoms with van der Waals surface area (Å²) in [7, 11) is 0. The normalized spacial score (nSPS) is 23.8. The smallest absolute Gasteiger partial charge is 0.417 e. The molecular formula is C17H20N6O4.